The second-order valence-electron chi connectivity index (χ2n) is 4.59. The third-order valence-corrected chi connectivity index (χ3v) is 2.72. The fourth-order valence-electron chi connectivity index (χ4n) is 1.63. The fourth-order valence-corrected chi connectivity index (χ4v) is 1.63. The minimum atomic E-state index is 0.0651. The highest BCUT2D eigenvalue weighted by molar-refractivity contribution is 5.33. The van der Waals surface area contributed by atoms with Crippen molar-refractivity contribution in [1.82, 2.24) is 5.32 Å². The Morgan fingerprint density at radius 2 is 2.00 bits per heavy atom. The molecule has 90 valence electrons. The predicted octanol–water partition coefficient (Wildman–Crippen LogP) is 1.91. The smallest absolute Gasteiger partial charge is 0.123 e. The monoisotopic (exact) mass is 222 g/mol. The molecule has 3 heteroatoms. The first-order chi connectivity index (χ1) is 7.59. The number of nitrogens with one attached hydrogen (secondary N) is 1. The van der Waals surface area contributed by atoms with E-state index in [-0.39, 0.29) is 5.54 Å². The quantitative estimate of drug-likeness (QED) is 0.773. The van der Waals surface area contributed by atoms with Gasteiger partial charge in [-0.15, -0.1) is 0 Å². The van der Waals surface area contributed by atoms with E-state index in [0.29, 0.717) is 6.54 Å². The van der Waals surface area contributed by atoms with E-state index in [4.69, 9.17) is 10.5 Å². The van der Waals surface area contributed by atoms with Crippen LogP contribution in [0.1, 0.15) is 25.8 Å². The topological polar surface area (TPSA) is 47.3 Å². The minimum absolute atomic E-state index is 0.0651. The zero-order valence-electron chi connectivity index (χ0n) is 10.4. The van der Waals surface area contributed by atoms with Gasteiger partial charge in [0.05, 0.1) is 7.11 Å². The Bertz CT molecular complexity index is 323. The van der Waals surface area contributed by atoms with Crippen LogP contribution in [-0.2, 0) is 6.54 Å². The maximum absolute atomic E-state index is 5.57. The average Bonchev–Trinajstić information content (AvgIpc) is 2.27. The largest absolute Gasteiger partial charge is 0.496 e. The van der Waals surface area contributed by atoms with Gasteiger partial charge >= 0.3 is 0 Å². The molecule has 0 aromatic heterocycles. The highest BCUT2D eigenvalue weighted by Gasteiger charge is 2.16. The Kier molecular flexibility index (Phi) is 4.77. The first kappa shape index (κ1) is 13.0. The summed E-state index contributed by atoms with van der Waals surface area (Å²) in [6.07, 6.45) is 0.960. The summed E-state index contributed by atoms with van der Waals surface area (Å²) in [5, 5.41) is 3.49. The van der Waals surface area contributed by atoms with E-state index in [1.165, 1.54) is 5.56 Å². The molecule has 0 heterocycles. The van der Waals surface area contributed by atoms with Gasteiger partial charge in [0.25, 0.3) is 0 Å². The number of hydrogen-bond donors (Lipinski definition) is 2. The number of benzene rings is 1. The summed E-state index contributed by atoms with van der Waals surface area (Å²) < 4.78 is 5.31. The molecule has 0 spiro atoms. The van der Waals surface area contributed by atoms with Crippen molar-refractivity contribution < 1.29 is 4.74 Å². The second-order valence-corrected chi connectivity index (χ2v) is 4.59. The molecular formula is C13H22N2O. The number of methoxy groups -OCH3 is 1. The molecule has 0 amide bonds. The maximum Gasteiger partial charge on any atom is 0.123 e. The van der Waals surface area contributed by atoms with Crippen molar-refractivity contribution in [3.8, 4) is 5.75 Å². The van der Waals surface area contributed by atoms with Crippen LogP contribution in [0.5, 0.6) is 5.75 Å². The molecule has 0 atom stereocenters. The van der Waals surface area contributed by atoms with Crippen molar-refractivity contribution in [1.29, 1.82) is 0 Å². The van der Waals surface area contributed by atoms with Crippen LogP contribution in [0, 0.1) is 0 Å². The van der Waals surface area contributed by atoms with Crippen molar-refractivity contribution >= 4 is 0 Å². The molecule has 0 saturated carbocycles. The summed E-state index contributed by atoms with van der Waals surface area (Å²) in [5.41, 5.74) is 6.82. The van der Waals surface area contributed by atoms with Crippen molar-refractivity contribution in [2.24, 2.45) is 5.73 Å². The zero-order chi connectivity index (χ0) is 12.0. The Labute approximate surface area is 98.0 Å². The van der Waals surface area contributed by atoms with Crippen LogP contribution in [0.4, 0.5) is 0 Å². The highest BCUT2D eigenvalue weighted by atomic mass is 16.5. The molecule has 0 aliphatic carbocycles. The number of ether oxygens (including phenoxy) is 1. The molecule has 0 aliphatic rings. The van der Waals surface area contributed by atoms with Crippen LogP contribution in [0.15, 0.2) is 24.3 Å². The molecule has 0 bridgehead atoms. The lowest BCUT2D eigenvalue weighted by Gasteiger charge is -2.26. The normalized spacial score (nSPS) is 11.5. The average molecular weight is 222 g/mol. The van der Waals surface area contributed by atoms with Gasteiger partial charge in [-0.1, -0.05) is 18.2 Å². The Hall–Kier alpha value is -1.06. The van der Waals surface area contributed by atoms with E-state index in [1.807, 2.05) is 18.2 Å². The molecular weight excluding hydrogens is 200 g/mol. The number of para-hydroxylation sites is 1. The molecule has 0 saturated heterocycles. The van der Waals surface area contributed by atoms with Gasteiger partial charge in [-0.05, 0) is 32.9 Å². The molecule has 0 fully saturated rings. The van der Waals surface area contributed by atoms with Crippen LogP contribution in [0.3, 0.4) is 0 Å². The third-order valence-electron chi connectivity index (χ3n) is 2.72. The molecule has 3 nitrogen and oxygen atoms in total. The van der Waals surface area contributed by atoms with E-state index in [1.54, 1.807) is 7.11 Å². The van der Waals surface area contributed by atoms with Crippen LogP contribution >= 0.6 is 0 Å². The lowest BCUT2D eigenvalue weighted by atomic mass is 10.0. The van der Waals surface area contributed by atoms with Gasteiger partial charge in [-0.2, -0.15) is 0 Å². The number of hydrogen-bond acceptors (Lipinski definition) is 3. The predicted molar refractivity (Wildman–Crippen MR) is 67.6 cm³/mol. The Morgan fingerprint density at radius 3 is 2.62 bits per heavy atom. The standard InChI is InChI=1S/C13H22N2O/c1-13(2,8-9-14)15-10-11-6-4-5-7-12(11)16-3/h4-7,15H,8-10,14H2,1-3H3. The van der Waals surface area contributed by atoms with Crippen molar-refractivity contribution in [2.45, 2.75) is 32.4 Å². The molecule has 16 heavy (non-hydrogen) atoms. The van der Waals surface area contributed by atoms with Gasteiger partial charge in [0.1, 0.15) is 5.75 Å². The Morgan fingerprint density at radius 1 is 1.31 bits per heavy atom. The molecule has 0 aliphatic heterocycles. The van der Waals surface area contributed by atoms with Gasteiger partial charge < -0.3 is 15.8 Å². The van der Waals surface area contributed by atoms with Crippen LogP contribution in [-0.4, -0.2) is 19.2 Å². The molecule has 1 rings (SSSR count). The van der Waals surface area contributed by atoms with Crippen LogP contribution in [0.25, 0.3) is 0 Å². The lowest BCUT2D eigenvalue weighted by Crippen LogP contribution is -2.40. The number of nitrogens with two attached hydrogens (primary N) is 1. The van der Waals surface area contributed by atoms with E-state index < -0.39 is 0 Å². The second kappa shape index (κ2) is 5.87. The molecule has 3 N–H and O–H groups in total. The van der Waals surface area contributed by atoms with Crippen LogP contribution in [0.2, 0.25) is 0 Å². The van der Waals surface area contributed by atoms with Crippen molar-refractivity contribution in [2.75, 3.05) is 13.7 Å². The number of rotatable bonds is 6. The van der Waals surface area contributed by atoms with Crippen LogP contribution < -0.4 is 15.8 Å². The molecule has 1 aromatic carbocycles. The van der Waals surface area contributed by atoms with Crippen molar-refractivity contribution in [3.05, 3.63) is 29.8 Å². The maximum atomic E-state index is 5.57. The molecule has 0 radical (unpaired) electrons. The van der Waals surface area contributed by atoms with E-state index in [0.717, 1.165) is 18.7 Å². The summed E-state index contributed by atoms with van der Waals surface area (Å²) in [5.74, 6) is 0.929. The summed E-state index contributed by atoms with van der Waals surface area (Å²) in [6.45, 7) is 5.83. The van der Waals surface area contributed by atoms with E-state index in [9.17, 15) is 0 Å². The SMILES string of the molecule is COc1ccccc1CNC(C)(C)CCN. The fraction of sp³-hybridized carbons (Fsp3) is 0.538. The van der Waals surface area contributed by atoms with Gasteiger partial charge in [0, 0.05) is 17.6 Å². The highest BCUT2D eigenvalue weighted by Crippen LogP contribution is 2.18. The third kappa shape index (κ3) is 3.83. The Balaban J connectivity index is 2.60. The zero-order valence-corrected chi connectivity index (χ0v) is 10.4. The van der Waals surface area contributed by atoms with Gasteiger partial charge in [-0.25, -0.2) is 0 Å². The van der Waals surface area contributed by atoms with Gasteiger partial charge in [0.2, 0.25) is 0 Å². The van der Waals surface area contributed by atoms with Gasteiger partial charge in [-0.3, -0.25) is 0 Å². The molecule has 0 unspecified atom stereocenters. The summed E-state index contributed by atoms with van der Waals surface area (Å²) in [4.78, 5) is 0. The first-order valence-corrected chi connectivity index (χ1v) is 5.66. The molecule has 1 aromatic rings. The summed E-state index contributed by atoms with van der Waals surface area (Å²) in [7, 11) is 1.70. The van der Waals surface area contributed by atoms with E-state index >= 15 is 0 Å². The minimum Gasteiger partial charge on any atom is -0.496 e. The van der Waals surface area contributed by atoms with Gasteiger partial charge in [0.15, 0.2) is 0 Å². The van der Waals surface area contributed by atoms with Crippen molar-refractivity contribution in [3.63, 3.8) is 0 Å². The van der Waals surface area contributed by atoms with E-state index in [2.05, 4.69) is 25.2 Å². The first-order valence-electron chi connectivity index (χ1n) is 5.66. The summed E-state index contributed by atoms with van der Waals surface area (Å²) in [6, 6.07) is 8.06. The lowest BCUT2D eigenvalue weighted by molar-refractivity contribution is 0.357. The summed E-state index contributed by atoms with van der Waals surface area (Å²) >= 11 is 0.